The van der Waals surface area contributed by atoms with E-state index in [0.29, 0.717) is 16.1 Å². The van der Waals surface area contributed by atoms with Crippen molar-refractivity contribution < 1.29 is 9.21 Å². The molecule has 5 nitrogen and oxygen atoms in total. The van der Waals surface area contributed by atoms with E-state index in [1.54, 1.807) is 24.3 Å². The number of nitrogens with one attached hydrogen (secondary N) is 1. The fourth-order valence-electron chi connectivity index (χ4n) is 2.34. The second-order valence-electron chi connectivity index (χ2n) is 5.03. The van der Waals surface area contributed by atoms with Crippen LogP contribution in [-0.4, -0.2) is 10.9 Å². The van der Waals surface area contributed by atoms with Crippen LogP contribution in [0.2, 0.25) is 0 Å². The minimum absolute atomic E-state index is 0.0444. The van der Waals surface area contributed by atoms with Crippen LogP contribution in [0.3, 0.4) is 0 Å². The predicted molar refractivity (Wildman–Crippen MR) is 97.8 cm³/mol. The number of carbonyl (C=O) groups excluding carboxylic acids is 1. The Hall–Kier alpha value is -2.51. The van der Waals surface area contributed by atoms with Crippen molar-refractivity contribution in [1.29, 1.82) is 0 Å². The molecule has 0 aliphatic heterocycles. The lowest BCUT2D eigenvalue weighted by Crippen LogP contribution is -2.14. The second-order valence-corrected chi connectivity index (χ2v) is 6.92. The number of thiazole rings is 1. The molecule has 1 N–H and O–H groups in total. The maximum Gasteiger partial charge on any atom is 0.293 e. The minimum Gasteiger partial charge on any atom is -0.451 e. The standard InChI is InChI=1S/C17H9BrN2O3S/c18-10-5-3-7-14-15(10)19-17(24-14)20-16(22)13-8-11(21)9-4-1-2-6-12(9)23-13/h1-8H,(H,19,20,22). The molecule has 4 rings (SSSR count). The lowest BCUT2D eigenvalue weighted by molar-refractivity contribution is 0.0997. The molecule has 0 saturated carbocycles. The number of nitrogens with zero attached hydrogens (tertiary/aromatic N) is 1. The normalized spacial score (nSPS) is 11.0. The highest BCUT2D eigenvalue weighted by molar-refractivity contribution is 9.10. The molecule has 7 heteroatoms. The van der Waals surface area contributed by atoms with Gasteiger partial charge in [0.15, 0.2) is 16.3 Å². The van der Waals surface area contributed by atoms with Gasteiger partial charge < -0.3 is 4.42 Å². The van der Waals surface area contributed by atoms with Crippen LogP contribution in [0, 0.1) is 0 Å². The van der Waals surface area contributed by atoms with Gasteiger partial charge in [0.2, 0.25) is 0 Å². The van der Waals surface area contributed by atoms with Gasteiger partial charge in [-0.1, -0.05) is 29.5 Å². The van der Waals surface area contributed by atoms with Gasteiger partial charge in [0.1, 0.15) is 5.58 Å². The van der Waals surface area contributed by atoms with E-state index in [1.807, 2.05) is 18.2 Å². The summed E-state index contributed by atoms with van der Waals surface area (Å²) in [5.41, 5.74) is 0.897. The molecule has 2 heterocycles. The lowest BCUT2D eigenvalue weighted by atomic mass is 10.2. The van der Waals surface area contributed by atoms with Crippen LogP contribution in [0.1, 0.15) is 10.6 Å². The summed E-state index contributed by atoms with van der Waals surface area (Å²) >= 11 is 4.78. The zero-order valence-corrected chi connectivity index (χ0v) is 14.5. The number of hydrogen-bond acceptors (Lipinski definition) is 5. The molecular weight excluding hydrogens is 392 g/mol. The highest BCUT2D eigenvalue weighted by atomic mass is 79.9. The average molecular weight is 401 g/mol. The first kappa shape index (κ1) is 15.0. The number of para-hydroxylation sites is 2. The van der Waals surface area contributed by atoms with Crippen LogP contribution in [0.4, 0.5) is 5.13 Å². The van der Waals surface area contributed by atoms with Gasteiger partial charge in [0.05, 0.1) is 15.6 Å². The van der Waals surface area contributed by atoms with Crippen LogP contribution >= 0.6 is 27.3 Å². The number of rotatable bonds is 2. The monoisotopic (exact) mass is 400 g/mol. The van der Waals surface area contributed by atoms with E-state index in [0.717, 1.165) is 14.7 Å². The largest absolute Gasteiger partial charge is 0.451 e. The van der Waals surface area contributed by atoms with Crippen molar-refractivity contribution in [3.63, 3.8) is 0 Å². The van der Waals surface area contributed by atoms with E-state index in [4.69, 9.17) is 4.42 Å². The van der Waals surface area contributed by atoms with Gasteiger partial charge in [-0.05, 0) is 40.2 Å². The summed E-state index contributed by atoms with van der Waals surface area (Å²) < 4.78 is 7.33. The number of aromatic nitrogens is 1. The maximum absolute atomic E-state index is 12.4. The van der Waals surface area contributed by atoms with E-state index < -0.39 is 5.91 Å². The van der Waals surface area contributed by atoms with Crippen molar-refractivity contribution in [1.82, 2.24) is 4.98 Å². The fourth-order valence-corrected chi connectivity index (χ4v) is 3.82. The number of amides is 1. The van der Waals surface area contributed by atoms with E-state index in [1.165, 1.54) is 17.4 Å². The van der Waals surface area contributed by atoms with Crippen LogP contribution < -0.4 is 10.7 Å². The van der Waals surface area contributed by atoms with Gasteiger partial charge in [-0.25, -0.2) is 4.98 Å². The van der Waals surface area contributed by atoms with Crippen LogP contribution in [0.15, 0.2) is 62.2 Å². The summed E-state index contributed by atoms with van der Waals surface area (Å²) in [5.74, 6) is -0.551. The molecule has 0 radical (unpaired) electrons. The Morgan fingerprint density at radius 1 is 1.17 bits per heavy atom. The van der Waals surface area contributed by atoms with Gasteiger partial charge in [-0.2, -0.15) is 0 Å². The van der Waals surface area contributed by atoms with E-state index in [2.05, 4.69) is 26.2 Å². The van der Waals surface area contributed by atoms with Crippen molar-refractivity contribution in [2.24, 2.45) is 0 Å². The summed E-state index contributed by atoms with van der Waals surface area (Å²) in [6.45, 7) is 0. The number of benzene rings is 2. The lowest BCUT2D eigenvalue weighted by Gasteiger charge is -2.02. The van der Waals surface area contributed by atoms with Gasteiger partial charge in [-0.3, -0.25) is 14.9 Å². The molecule has 118 valence electrons. The summed E-state index contributed by atoms with van der Waals surface area (Å²) in [6.07, 6.45) is 0. The molecule has 0 unspecified atom stereocenters. The molecule has 2 aromatic carbocycles. The molecule has 0 aliphatic rings. The molecule has 1 amide bonds. The third kappa shape index (κ3) is 2.61. The van der Waals surface area contributed by atoms with Crippen LogP contribution in [0.5, 0.6) is 0 Å². The molecule has 0 fully saturated rings. The van der Waals surface area contributed by atoms with Crippen molar-refractivity contribution in [2.45, 2.75) is 0 Å². The van der Waals surface area contributed by atoms with Crippen molar-refractivity contribution in [2.75, 3.05) is 5.32 Å². The molecule has 0 aliphatic carbocycles. The molecule has 0 bridgehead atoms. The zero-order chi connectivity index (χ0) is 16.7. The van der Waals surface area contributed by atoms with Crippen molar-refractivity contribution in [3.8, 4) is 0 Å². The molecule has 24 heavy (non-hydrogen) atoms. The number of hydrogen-bond donors (Lipinski definition) is 1. The predicted octanol–water partition coefficient (Wildman–Crippen LogP) is 4.42. The first-order chi connectivity index (χ1) is 11.6. The smallest absolute Gasteiger partial charge is 0.293 e. The van der Waals surface area contributed by atoms with E-state index in [-0.39, 0.29) is 11.2 Å². The maximum atomic E-state index is 12.4. The first-order valence-electron chi connectivity index (χ1n) is 7.01. The highest BCUT2D eigenvalue weighted by Crippen LogP contribution is 2.31. The minimum atomic E-state index is -0.506. The molecule has 4 aromatic rings. The number of carbonyl (C=O) groups is 1. The Bertz CT molecular complexity index is 1150. The van der Waals surface area contributed by atoms with E-state index >= 15 is 0 Å². The molecule has 2 aromatic heterocycles. The van der Waals surface area contributed by atoms with Gasteiger partial charge in [0, 0.05) is 10.5 Å². The Morgan fingerprint density at radius 3 is 2.83 bits per heavy atom. The third-order valence-electron chi connectivity index (χ3n) is 3.45. The summed E-state index contributed by atoms with van der Waals surface area (Å²) in [5, 5.41) is 3.57. The van der Waals surface area contributed by atoms with Crippen LogP contribution in [0.25, 0.3) is 21.2 Å². The molecule has 0 spiro atoms. The van der Waals surface area contributed by atoms with Gasteiger partial charge in [0.25, 0.3) is 5.91 Å². The van der Waals surface area contributed by atoms with Gasteiger partial charge in [-0.15, -0.1) is 0 Å². The second kappa shape index (κ2) is 5.85. The Kier molecular flexibility index (Phi) is 3.66. The Morgan fingerprint density at radius 2 is 2.00 bits per heavy atom. The SMILES string of the molecule is O=C(Nc1nc2c(Br)cccc2s1)c1cc(=O)c2ccccc2o1. The molecule has 0 saturated heterocycles. The zero-order valence-electron chi connectivity index (χ0n) is 12.1. The summed E-state index contributed by atoms with van der Waals surface area (Å²) in [7, 11) is 0. The summed E-state index contributed by atoms with van der Waals surface area (Å²) in [4.78, 5) is 28.8. The molecule has 0 atom stereocenters. The number of halogens is 1. The quantitative estimate of drug-likeness (QED) is 0.540. The summed E-state index contributed by atoms with van der Waals surface area (Å²) in [6, 6.07) is 13.7. The highest BCUT2D eigenvalue weighted by Gasteiger charge is 2.15. The average Bonchev–Trinajstić information content (AvgIpc) is 2.99. The Labute approximate surface area is 148 Å². The number of anilines is 1. The first-order valence-corrected chi connectivity index (χ1v) is 8.62. The number of fused-ring (bicyclic) bond motifs is 2. The van der Waals surface area contributed by atoms with E-state index in [9.17, 15) is 9.59 Å². The van der Waals surface area contributed by atoms with Crippen molar-refractivity contribution >= 4 is 59.5 Å². The Balaban J connectivity index is 1.70. The van der Waals surface area contributed by atoms with Crippen LogP contribution in [-0.2, 0) is 0 Å². The topological polar surface area (TPSA) is 72.2 Å². The molecular formula is C17H9BrN2O3S. The third-order valence-corrected chi connectivity index (χ3v) is 5.02. The van der Waals surface area contributed by atoms with Gasteiger partial charge >= 0.3 is 0 Å². The fraction of sp³-hybridized carbons (Fsp3) is 0. The van der Waals surface area contributed by atoms with Crippen molar-refractivity contribution in [3.05, 3.63) is 69.0 Å².